The van der Waals surface area contributed by atoms with E-state index in [1.807, 2.05) is 60.7 Å². The van der Waals surface area contributed by atoms with Crippen LogP contribution >= 0.6 is 11.3 Å². The normalized spacial score (nSPS) is 13.3. The van der Waals surface area contributed by atoms with Gasteiger partial charge < -0.3 is 18.9 Å². The molecule has 0 bridgehead atoms. The predicted molar refractivity (Wildman–Crippen MR) is 161 cm³/mol. The van der Waals surface area contributed by atoms with E-state index in [1.165, 1.54) is 20.0 Å². The van der Waals surface area contributed by atoms with Crippen molar-refractivity contribution >= 4 is 33.2 Å². The fraction of sp³-hybridized carbons (Fsp3) is 0.333. The highest BCUT2D eigenvalue weighted by Gasteiger charge is 2.24. The average molecular weight is 574 g/mol. The largest absolute Gasteiger partial charge is 0.497 e. The molecule has 0 spiro atoms. The third-order valence-corrected chi connectivity index (χ3v) is 8.62. The molecule has 5 rings (SSSR count). The molecule has 7 nitrogen and oxygen atoms in total. The molecule has 1 aliphatic rings. The summed E-state index contributed by atoms with van der Waals surface area (Å²) in [5, 5.41) is 0.859. The number of ether oxygens (including phenoxy) is 4. The van der Waals surface area contributed by atoms with Crippen LogP contribution < -0.4 is 14.2 Å². The van der Waals surface area contributed by atoms with Crippen LogP contribution in [0.25, 0.3) is 20.5 Å². The zero-order valence-corrected chi connectivity index (χ0v) is 24.6. The Kier molecular flexibility index (Phi) is 9.21. The highest BCUT2D eigenvalue weighted by molar-refractivity contribution is 7.22. The van der Waals surface area contributed by atoms with Crippen molar-refractivity contribution in [1.82, 2.24) is 4.90 Å². The van der Waals surface area contributed by atoms with Gasteiger partial charge >= 0.3 is 5.97 Å². The Labute approximate surface area is 244 Å². The molecule has 1 fully saturated rings. The number of carbonyl (C=O) groups is 2. The van der Waals surface area contributed by atoms with Gasteiger partial charge in [-0.3, -0.25) is 14.5 Å². The lowest BCUT2D eigenvalue weighted by Crippen LogP contribution is -2.19. The van der Waals surface area contributed by atoms with E-state index in [4.69, 9.17) is 14.2 Å². The van der Waals surface area contributed by atoms with Gasteiger partial charge in [0.1, 0.15) is 17.2 Å². The molecule has 0 N–H and O–H groups in total. The number of nitrogens with zero attached hydrogens (tertiary/aromatic N) is 1. The number of fused-ring (bicyclic) bond motifs is 1. The quantitative estimate of drug-likeness (QED) is 0.106. The van der Waals surface area contributed by atoms with E-state index < -0.39 is 0 Å². The van der Waals surface area contributed by atoms with Gasteiger partial charge in [-0.05, 0) is 86.4 Å². The van der Waals surface area contributed by atoms with Gasteiger partial charge in [0.25, 0.3) is 0 Å². The summed E-state index contributed by atoms with van der Waals surface area (Å²) < 4.78 is 22.7. The molecule has 41 heavy (non-hydrogen) atoms. The van der Waals surface area contributed by atoms with Crippen molar-refractivity contribution in [2.45, 2.75) is 32.2 Å². The van der Waals surface area contributed by atoms with Crippen molar-refractivity contribution < 1.29 is 28.5 Å². The number of hydrogen-bond acceptors (Lipinski definition) is 8. The van der Waals surface area contributed by atoms with Crippen LogP contribution in [0.1, 0.15) is 47.2 Å². The van der Waals surface area contributed by atoms with E-state index in [0.717, 1.165) is 51.5 Å². The van der Waals surface area contributed by atoms with Gasteiger partial charge in [-0.25, -0.2) is 0 Å². The van der Waals surface area contributed by atoms with Crippen molar-refractivity contribution in [2.75, 3.05) is 41.0 Å². The number of carbonyl (C=O) groups excluding carboxylic acids is 2. The van der Waals surface area contributed by atoms with E-state index in [9.17, 15) is 9.59 Å². The predicted octanol–water partition coefficient (Wildman–Crippen LogP) is 6.74. The molecular weight excluding hydrogens is 538 g/mol. The van der Waals surface area contributed by atoms with Gasteiger partial charge in [0.05, 0.1) is 27.9 Å². The zero-order chi connectivity index (χ0) is 28.8. The minimum absolute atomic E-state index is 0.0614. The Bertz CT molecular complexity index is 1520. The lowest BCUT2D eigenvalue weighted by molar-refractivity contribution is -0.140. The van der Waals surface area contributed by atoms with E-state index in [2.05, 4.69) is 9.64 Å². The van der Waals surface area contributed by atoms with Crippen molar-refractivity contribution in [3.63, 3.8) is 0 Å². The molecular formula is C33H35NO6S. The Morgan fingerprint density at radius 1 is 0.878 bits per heavy atom. The summed E-state index contributed by atoms with van der Waals surface area (Å²) in [6.07, 6.45) is 3.33. The third kappa shape index (κ3) is 6.55. The Morgan fingerprint density at radius 2 is 1.63 bits per heavy atom. The van der Waals surface area contributed by atoms with Crippen LogP contribution in [0.3, 0.4) is 0 Å². The number of likely N-dealkylation sites (tertiary alicyclic amines) is 1. The maximum absolute atomic E-state index is 14.2. The van der Waals surface area contributed by atoms with E-state index in [-0.39, 0.29) is 11.8 Å². The molecule has 0 atom stereocenters. The molecule has 8 heteroatoms. The van der Waals surface area contributed by atoms with Crippen LogP contribution in [0.5, 0.6) is 17.2 Å². The fourth-order valence-electron chi connectivity index (χ4n) is 5.19. The second kappa shape index (κ2) is 13.2. The molecule has 1 saturated heterocycles. The summed E-state index contributed by atoms with van der Waals surface area (Å²) in [7, 11) is 4.67. The van der Waals surface area contributed by atoms with Gasteiger partial charge in [0.15, 0.2) is 5.78 Å². The topological polar surface area (TPSA) is 74.3 Å². The molecule has 4 aromatic rings. The number of hydrogen-bond donors (Lipinski definition) is 0. The van der Waals surface area contributed by atoms with Crippen molar-refractivity contribution in [1.29, 1.82) is 0 Å². The lowest BCUT2D eigenvalue weighted by atomic mass is 9.96. The Balaban J connectivity index is 1.45. The van der Waals surface area contributed by atoms with Crippen molar-refractivity contribution in [3.05, 3.63) is 77.4 Å². The van der Waals surface area contributed by atoms with Gasteiger partial charge in [-0.2, -0.15) is 0 Å². The highest BCUT2D eigenvalue weighted by Crippen LogP contribution is 2.42. The molecule has 2 heterocycles. The minimum atomic E-state index is -0.249. The fourth-order valence-corrected chi connectivity index (χ4v) is 6.37. The second-order valence-electron chi connectivity index (χ2n) is 10.1. The summed E-state index contributed by atoms with van der Waals surface area (Å²) >= 11 is 1.58. The highest BCUT2D eigenvalue weighted by atomic mass is 32.1. The molecule has 0 saturated carbocycles. The third-order valence-electron chi connectivity index (χ3n) is 7.40. The van der Waals surface area contributed by atoms with Crippen LogP contribution in [-0.4, -0.2) is 57.7 Å². The number of methoxy groups -OCH3 is 3. The average Bonchev–Trinajstić information content (AvgIpc) is 3.66. The first kappa shape index (κ1) is 28.6. The van der Waals surface area contributed by atoms with Crippen LogP contribution in [0.4, 0.5) is 0 Å². The van der Waals surface area contributed by atoms with E-state index in [0.29, 0.717) is 42.1 Å². The van der Waals surface area contributed by atoms with Crippen LogP contribution in [0.15, 0.2) is 60.7 Å². The molecule has 1 aliphatic heterocycles. The molecule has 214 valence electrons. The summed E-state index contributed by atoms with van der Waals surface area (Å²) in [6, 6.07) is 19.4. The first-order valence-corrected chi connectivity index (χ1v) is 14.7. The summed E-state index contributed by atoms with van der Waals surface area (Å²) in [5.74, 6) is 1.82. The monoisotopic (exact) mass is 573 g/mol. The Morgan fingerprint density at radius 3 is 2.34 bits per heavy atom. The van der Waals surface area contributed by atoms with Gasteiger partial charge in [0, 0.05) is 44.6 Å². The van der Waals surface area contributed by atoms with Crippen LogP contribution in [0, 0.1) is 0 Å². The number of rotatable bonds is 12. The summed E-state index contributed by atoms with van der Waals surface area (Å²) in [4.78, 5) is 28.8. The first-order valence-electron chi connectivity index (χ1n) is 13.8. The molecule has 0 aliphatic carbocycles. The molecule has 0 amide bonds. The number of benzene rings is 3. The van der Waals surface area contributed by atoms with Crippen molar-refractivity contribution in [2.24, 2.45) is 0 Å². The minimum Gasteiger partial charge on any atom is -0.497 e. The second-order valence-corrected chi connectivity index (χ2v) is 11.1. The summed E-state index contributed by atoms with van der Waals surface area (Å²) in [6.45, 7) is 3.41. The lowest BCUT2D eigenvalue weighted by Gasteiger charge is -2.17. The smallest absolute Gasteiger partial charge is 0.305 e. The van der Waals surface area contributed by atoms with E-state index >= 15 is 0 Å². The zero-order valence-electron chi connectivity index (χ0n) is 23.7. The summed E-state index contributed by atoms with van der Waals surface area (Å²) in [5.41, 5.74) is 3.24. The maximum Gasteiger partial charge on any atom is 0.305 e. The Hall–Kier alpha value is -3.88. The molecule has 0 unspecified atom stereocenters. The number of ketones is 1. The molecule has 1 aromatic heterocycles. The van der Waals surface area contributed by atoms with Gasteiger partial charge in [-0.15, -0.1) is 11.3 Å². The standard InChI is InChI=1S/C33H35NO6S/c1-37-26-14-15-29-27(20-26)31(32(36)23-8-9-24(28(19-23)38-2)21-34-16-4-5-17-34)33(41-29)22-10-12-25(13-11-22)40-18-6-7-30(35)39-3/h8-15,19-20H,4-7,16-18,21H2,1-3H3. The number of thiophene rings is 1. The molecule has 3 aromatic carbocycles. The SMILES string of the molecule is COC(=O)CCCOc1ccc(-c2sc3ccc(OC)cc3c2C(=O)c2ccc(CN3CCCC3)c(OC)c2)cc1. The number of esters is 1. The maximum atomic E-state index is 14.2. The van der Waals surface area contributed by atoms with Crippen LogP contribution in [-0.2, 0) is 16.1 Å². The van der Waals surface area contributed by atoms with Gasteiger partial charge in [-0.1, -0.05) is 12.1 Å². The van der Waals surface area contributed by atoms with Crippen molar-refractivity contribution in [3.8, 4) is 27.7 Å². The van der Waals surface area contributed by atoms with E-state index in [1.54, 1.807) is 25.6 Å². The molecule has 0 radical (unpaired) electrons. The van der Waals surface area contributed by atoms with Gasteiger partial charge in [0.2, 0.25) is 0 Å². The van der Waals surface area contributed by atoms with Crippen LogP contribution in [0.2, 0.25) is 0 Å². The first-order chi connectivity index (χ1) is 20.0.